The number of nitrogens with zero attached hydrogens (tertiary/aromatic N) is 2. The van der Waals surface area contributed by atoms with Crippen LogP contribution in [0.3, 0.4) is 0 Å². The van der Waals surface area contributed by atoms with E-state index in [4.69, 9.17) is 0 Å². The summed E-state index contributed by atoms with van der Waals surface area (Å²) in [6.45, 7) is 3.13. The number of aryl methyl sites for hydroxylation is 1. The van der Waals surface area contributed by atoms with Crippen molar-refractivity contribution in [3.63, 3.8) is 0 Å². The summed E-state index contributed by atoms with van der Waals surface area (Å²) < 4.78 is 27.1. The van der Waals surface area contributed by atoms with Crippen LogP contribution in [-0.2, 0) is 14.8 Å². The van der Waals surface area contributed by atoms with Crippen molar-refractivity contribution in [3.8, 4) is 0 Å². The lowest BCUT2D eigenvalue weighted by Gasteiger charge is -2.41. The van der Waals surface area contributed by atoms with Crippen LogP contribution >= 0.6 is 0 Å². The second-order valence-corrected chi connectivity index (χ2v) is 12.7. The highest BCUT2D eigenvalue weighted by atomic mass is 32.2. The maximum atomic E-state index is 13.8. The fraction of sp³-hybridized carbons (Fsp3) is 0.393. The van der Waals surface area contributed by atoms with Crippen molar-refractivity contribution in [1.82, 2.24) is 14.6 Å². The summed E-state index contributed by atoms with van der Waals surface area (Å²) >= 11 is 0. The minimum Gasteiger partial charge on any atom is -0.368 e. The number of nitrogens with one attached hydrogen (secondary N) is 3. The number of hydrogen-bond donors (Lipinski definition) is 3. The van der Waals surface area contributed by atoms with E-state index >= 15 is 0 Å². The van der Waals surface area contributed by atoms with Gasteiger partial charge in [-0.3, -0.25) is 14.4 Å². The highest BCUT2D eigenvalue weighted by Crippen LogP contribution is 2.35. The molecule has 3 heterocycles. The second kappa shape index (κ2) is 10.5. The summed E-state index contributed by atoms with van der Waals surface area (Å²) in [7, 11) is -0.874. The number of amides is 2. The Hall–Kier alpha value is -3.70. The van der Waals surface area contributed by atoms with Crippen LogP contribution in [0.15, 0.2) is 52.2 Å². The maximum absolute atomic E-state index is 13.8. The number of rotatable bonds is 6. The lowest BCUT2D eigenvalue weighted by molar-refractivity contribution is -0.119. The van der Waals surface area contributed by atoms with Gasteiger partial charge in [-0.05, 0) is 68.1 Å². The molecule has 2 fully saturated rings. The minimum atomic E-state index is -3.78. The number of aromatic amines is 1. The molecule has 5 rings (SSSR count). The molecule has 10 nitrogen and oxygen atoms in total. The van der Waals surface area contributed by atoms with E-state index < -0.39 is 15.9 Å². The van der Waals surface area contributed by atoms with E-state index in [2.05, 4.69) is 20.5 Å². The molecule has 0 spiro atoms. The highest BCUT2D eigenvalue weighted by molar-refractivity contribution is 7.89. The first-order valence-corrected chi connectivity index (χ1v) is 14.5. The zero-order valence-corrected chi connectivity index (χ0v) is 23.1. The van der Waals surface area contributed by atoms with Gasteiger partial charge in [0, 0.05) is 73.9 Å². The summed E-state index contributed by atoms with van der Waals surface area (Å²) in [5.41, 5.74) is 2.66. The monoisotopic (exact) mass is 551 g/mol. The molecule has 2 aliphatic rings. The van der Waals surface area contributed by atoms with Crippen LogP contribution in [0.5, 0.6) is 0 Å². The summed E-state index contributed by atoms with van der Waals surface area (Å²) in [5.74, 6) is -0.291. The van der Waals surface area contributed by atoms with Gasteiger partial charge in [0.05, 0.1) is 10.5 Å². The van der Waals surface area contributed by atoms with E-state index in [0.717, 1.165) is 34.5 Å². The normalized spacial score (nSPS) is 19.9. The molecule has 11 heteroatoms. The first-order valence-electron chi connectivity index (χ1n) is 13.1. The second-order valence-electron chi connectivity index (χ2n) is 10.5. The number of H-pyrrole nitrogens is 1. The number of aromatic nitrogens is 1. The Balaban J connectivity index is 1.56. The molecule has 2 unspecified atom stereocenters. The molecule has 0 saturated carbocycles. The van der Waals surface area contributed by atoms with Crippen molar-refractivity contribution in [1.29, 1.82) is 0 Å². The van der Waals surface area contributed by atoms with Gasteiger partial charge in [-0.25, -0.2) is 12.7 Å². The molecule has 0 radical (unpaired) electrons. The van der Waals surface area contributed by atoms with Gasteiger partial charge in [0.15, 0.2) is 0 Å². The van der Waals surface area contributed by atoms with Crippen LogP contribution in [0.4, 0.5) is 11.4 Å². The zero-order chi connectivity index (χ0) is 27.9. The topological polar surface area (TPSA) is 132 Å². The predicted octanol–water partition coefficient (Wildman–Crippen LogP) is 2.83. The van der Waals surface area contributed by atoms with E-state index in [1.807, 2.05) is 6.92 Å². The van der Waals surface area contributed by atoms with E-state index in [9.17, 15) is 22.8 Å². The predicted molar refractivity (Wildman–Crippen MR) is 151 cm³/mol. The number of carbonyl (C=O) groups excluding carboxylic acids is 2. The summed E-state index contributed by atoms with van der Waals surface area (Å²) in [4.78, 5) is 42.6. The van der Waals surface area contributed by atoms with Crippen molar-refractivity contribution in [3.05, 3.63) is 63.9 Å². The van der Waals surface area contributed by atoms with Crippen LogP contribution in [-0.4, -0.2) is 62.7 Å². The minimum absolute atomic E-state index is 0.0274. The summed E-state index contributed by atoms with van der Waals surface area (Å²) in [6, 6.07) is 11.5. The molecule has 206 valence electrons. The van der Waals surface area contributed by atoms with Gasteiger partial charge in [0.25, 0.3) is 5.91 Å². The van der Waals surface area contributed by atoms with Crippen LogP contribution in [0, 0.1) is 12.8 Å². The Bertz CT molecular complexity index is 1610. The number of sulfonamides is 1. The number of pyridine rings is 1. The third-order valence-electron chi connectivity index (χ3n) is 7.71. The summed E-state index contributed by atoms with van der Waals surface area (Å²) in [6.07, 6.45) is 3.29. The number of carbonyl (C=O) groups is 2. The Kier molecular flexibility index (Phi) is 7.21. The molecular weight excluding hydrogens is 518 g/mol. The molecule has 2 amide bonds. The lowest BCUT2D eigenvalue weighted by atomic mass is 9.88. The van der Waals surface area contributed by atoms with Crippen molar-refractivity contribution in [2.75, 3.05) is 37.4 Å². The van der Waals surface area contributed by atoms with E-state index in [1.54, 1.807) is 30.3 Å². The van der Waals surface area contributed by atoms with Crippen molar-refractivity contribution < 1.29 is 18.0 Å². The first kappa shape index (κ1) is 26.9. The first-order chi connectivity index (χ1) is 18.5. The smallest absolute Gasteiger partial charge is 0.257 e. The molecule has 2 saturated heterocycles. The number of hydrogen-bond acceptors (Lipinski definition) is 6. The van der Waals surface area contributed by atoms with Gasteiger partial charge in [0.2, 0.25) is 21.5 Å². The zero-order valence-electron chi connectivity index (χ0n) is 22.3. The van der Waals surface area contributed by atoms with Crippen LogP contribution in [0.2, 0.25) is 0 Å². The molecule has 2 aromatic carbocycles. The van der Waals surface area contributed by atoms with E-state index in [1.165, 1.54) is 26.2 Å². The Morgan fingerprint density at radius 3 is 2.59 bits per heavy atom. The highest BCUT2D eigenvalue weighted by Gasteiger charge is 2.36. The molecule has 0 bridgehead atoms. The molecule has 2 aliphatic heterocycles. The molecule has 1 aromatic heterocycles. The third kappa shape index (κ3) is 5.28. The molecule has 2 atom stereocenters. The average Bonchev–Trinajstić information content (AvgIpc) is 3.34. The van der Waals surface area contributed by atoms with Gasteiger partial charge in [0.1, 0.15) is 0 Å². The maximum Gasteiger partial charge on any atom is 0.257 e. The SMILES string of the molecule is Cc1cc(=O)[nH]c2ccc(NC(=O)c3cc(S(=O)(=O)N(C)C)ccc3N3CCCCC3C3CNC(=O)C3)cc12. The average molecular weight is 552 g/mol. The molecule has 39 heavy (non-hydrogen) atoms. The molecule has 3 N–H and O–H groups in total. The van der Waals surface area contributed by atoms with Gasteiger partial charge < -0.3 is 20.5 Å². The molecule has 3 aromatic rings. The van der Waals surface area contributed by atoms with Crippen LogP contribution < -0.4 is 21.1 Å². The Morgan fingerprint density at radius 2 is 1.87 bits per heavy atom. The number of anilines is 2. The number of benzene rings is 2. The van der Waals surface area contributed by atoms with Crippen LogP contribution in [0.25, 0.3) is 10.9 Å². The molecular formula is C28H33N5O5S. The van der Waals surface area contributed by atoms with Crippen LogP contribution in [0.1, 0.15) is 41.6 Å². The summed E-state index contributed by atoms with van der Waals surface area (Å²) in [5, 5.41) is 6.66. The number of piperidine rings is 1. The third-order valence-corrected chi connectivity index (χ3v) is 9.52. The van der Waals surface area contributed by atoms with E-state index in [0.29, 0.717) is 36.4 Å². The fourth-order valence-electron chi connectivity index (χ4n) is 5.66. The van der Waals surface area contributed by atoms with Crippen molar-refractivity contribution >= 4 is 44.1 Å². The Labute approximate surface area is 227 Å². The number of fused-ring (bicyclic) bond motifs is 1. The van der Waals surface area contributed by atoms with Gasteiger partial charge in [-0.2, -0.15) is 0 Å². The quantitative estimate of drug-likeness (QED) is 0.432. The standard InChI is InChI=1S/C28H33N5O5S/c1-17-12-27(35)31-23-9-7-19(14-21(17)23)30-28(36)22-15-20(39(37,38)32(2)3)8-10-25(22)33-11-5-4-6-24(33)18-13-26(34)29-16-18/h7-10,12,14-15,18,24H,4-6,11,13,16H2,1-3H3,(H,29,34)(H,30,36)(H,31,35). The van der Waals surface area contributed by atoms with Crippen molar-refractivity contribution in [2.45, 2.75) is 43.5 Å². The van der Waals surface area contributed by atoms with Gasteiger partial charge in [-0.1, -0.05) is 0 Å². The van der Waals surface area contributed by atoms with Crippen molar-refractivity contribution in [2.24, 2.45) is 5.92 Å². The fourth-order valence-corrected chi connectivity index (χ4v) is 6.59. The Morgan fingerprint density at radius 1 is 1.08 bits per heavy atom. The van der Waals surface area contributed by atoms with Gasteiger partial charge in [-0.15, -0.1) is 0 Å². The molecule has 0 aliphatic carbocycles. The lowest BCUT2D eigenvalue weighted by Crippen LogP contribution is -2.45. The van der Waals surface area contributed by atoms with Gasteiger partial charge >= 0.3 is 0 Å². The van der Waals surface area contributed by atoms with E-state index in [-0.39, 0.29) is 33.9 Å². The largest absolute Gasteiger partial charge is 0.368 e.